The van der Waals surface area contributed by atoms with Crippen molar-refractivity contribution in [1.29, 1.82) is 0 Å². The Labute approximate surface area is 247 Å². The van der Waals surface area contributed by atoms with E-state index in [1.165, 1.54) is 28.3 Å². The van der Waals surface area contributed by atoms with E-state index >= 15 is 0 Å². The lowest BCUT2D eigenvalue weighted by molar-refractivity contribution is 0.0924. The van der Waals surface area contributed by atoms with Gasteiger partial charge in [-0.3, -0.25) is 23.7 Å². The Hall–Kier alpha value is -5.49. The SMILES string of the molecule is CCn1cnc2sc(C(=O)Nc3ccc(Oc4ccc5c(c4)C(=O)N(c4ccc6c(c4)OCO6)C5=O)cc3)c(C)c2c1=O. The number of thiophene rings is 1. The van der Waals surface area contributed by atoms with Crippen molar-refractivity contribution in [2.45, 2.75) is 20.4 Å². The van der Waals surface area contributed by atoms with Gasteiger partial charge in [0, 0.05) is 18.3 Å². The molecule has 12 heteroatoms. The Morgan fingerprint density at radius 1 is 0.953 bits per heavy atom. The van der Waals surface area contributed by atoms with E-state index < -0.39 is 11.8 Å². The van der Waals surface area contributed by atoms with E-state index in [-0.39, 0.29) is 29.4 Å². The second kappa shape index (κ2) is 10.1. The number of nitrogens with one attached hydrogen (secondary N) is 1. The van der Waals surface area contributed by atoms with Gasteiger partial charge in [0.15, 0.2) is 11.5 Å². The van der Waals surface area contributed by atoms with Gasteiger partial charge in [0.2, 0.25) is 6.79 Å². The smallest absolute Gasteiger partial charge is 0.266 e. The van der Waals surface area contributed by atoms with Crippen LogP contribution in [0, 0.1) is 6.92 Å². The molecule has 0 unspecified atom stereocenters. The predicted molar refractivity (Wildman–Crippen MR) is 159 cm³/mol. The van der Waals surface area contributed by atoms with Crippen LogP contribution >= 0.6 is 11.3 Å². The molecule has 0 atom stereocenters. The molecule has 2 aliphatic rings. The van der Waals surface area contributed by atoms with Crippen molar-refractivity contribution in [2.75, 3.05) is 17.0 Å². The number of hydrogen-bond acceptors (Lipinski definition) is 9. The molecule has 2 aromatic heterocycles. The van der Waals surface area contributed by atoms with Gasteiger partial charge >= 0.3 is 0 Å². The number of imide groups is 1. The quantitative estimate of drug-likeness (QED) is 0.260. The Morgan fingerprint density at radius 2 is 1.70 bits per heavy atom. The lowest BCUT2D eigenvalue weighted by Gasteiger charge is -2.14. The molecule has 3 aromatic carbocycles. The van der Waals surface area contributed by atoms with Crippen LogP contribution in [0.1, 0.15) is 42.9 Å². The Balaban J connectivity index is 1.06. The number of benzene rings is 3. The van der Waals surface area contributed by atoms with Crippen LogP contribution in [-0.2, 0) is 6.54 Å². The molecule has 1 N–H and O–H groups in total. The fourth-order valence-electron chi connectivity index (χ4n) is 5.07. The maximum Gasteiger partial charge on any atom is 0.266 e. The minimum absolute atomic E-state index is 0.0840. The first-order valence-corrected chi connectivity index (χ1v) is 14.1. The standard InChI is InChI=1S/C31H22N4O7S/c1-3-34-14-32-28-25(31(34)39)16(2)26(43-28)27(36)33-17-4-7-19(8-5-17)42-20-9-10-21-22(13-20)30(38)35(29(21)37)18-6-11-23-24(12-18)41-15-40-23/h4-14H,3,15H2,1-2H3,(H,33,36). The Morgan fingerprint density at radius 3 is 2.49 bits per heavy atom. The summed E-state index contributed by atoms with van der Waals surface area (Å²) < 4.78 is 18.2. The van der Waals surface area contributed by atoms with E-state index in [2.05, 4.69) is 10.3 Å². The Bertz CT molecular complexity index is 2050. The summed E-state index contributed by atoms with van der Waals surface area (Å²) in [6, 6.07) is 16.3. The molecular weight excluding hydrogens is 572 g/mol. The lowest BCUT2D eigenvalue weighted by atomic mass is 10.1. The number of amides is 3. The van der Waals surface area contributed by atoms with Crippen molar-refractivity contribution in [2.24, 2.45) is 0 Å². The van der Waals surface area contributed by atoms with Crippen LogP contribution in [0.4, 0.5) is 11.4 Å². The highest BCUT2D eigenvalue weighted by molar-refractivity contribution is 7.20. The largest absolute Gasteiger partial charge is 0.457 e. The molecule has 43 heavy (non-hydrogen) atoms. The summed E-state index contributed by atoms with van der Waals surface area (Å²) >= 11 is 1.18. The van der Waals surface area contributed by atoms with Crippen LogP contribution in [0.2, 0.25) is 0 Å². The van der Waals surface area contributed by atoms with E-state index in [1.54, 1.807) is 61.5 Å². The molecule has 214 valence electrons. The van der Waals surface area contributed by atoms with Gasteiger partial charge in [0.1, 0.15) is 16.3 Å². The highest BCUT2D eigenvalue weighted by Gasteiger charge is 2.37. The normalized spacial score (nSPS) is 13.5. The molecular formula is C31H22N4O7S. The summed E-state index contributed by atoms with van der Waals surface area (Å²) in [6.45, 7) is 4.18. The number of anilines is 2. The second-order valence-electron chi connectivity index (χ2n) is 9.84. The lowest BCUT2D eigenvalue weighted by Crippen LogP contribution is -2.29. The molecule has 0 fully saturated rings. The van der Waals surface area contributed by atoms with Gasteiger partial charge in [-0.15, -0.1) is 11.3 Å². The van der Waals surface area contributed by atoms with Crippen LogP contribution < -0.4 is 30.0 Å². The number of ether oxygens (including phenoxy) is 3. The number of aromatic nitrogens is 2. The molecule has 2 aliphatic heterocycles. The summed E-state index contributed by atoms with van der Waals surface area (Å²) in [7, 11) is 0. The van der Waals surface area contributed by atoms with Crippen molar-refractivity contribution in [1.82, 2.24) is 9.55 Å². The number of fused-ring (bicyclic) bond motifs is 3. The van der Waals surface area contributed by atoms with E-state index in [1.807, 2.05) is 6.92 Å². The molecule has 11 nitrogen and oxygen atoms in total. The summed E-state index contributed by atoms with van der Waals surface area (Å²) in [5, 5.41) is 3.31. The topological polar surface area (TPSA) is 129 Å². The van der Waals surface area contributed by atoms with Crippen molar-refractivity contribution in [3.8, 4) is 23.0 Å². The van der Waals surface area contributed by atoms with Gasteiger partial charge in [-0.25, -0.2) is 9.88 Å². The molecule has 0 spiro atoms. The van der Waals surface area contributed by atoms with Crippen molar-refractivity contribution in [3.05, 3.63) is 98.9 Å². The number of hydrogen-bond donors (Lipinski definition) is 1. The maximum absolute atomic E-state index is 13.2. The number of aryl methyl sites for hydroxylation is 2. The summed E-state index contributed by atoms with van der Waals surface area (Å²) in [4.78, 5) is 58.4. The van der Waals surface area contributed by atoms with Gasteiger partial charge in [-0.2, -0.15) is 0 Å². The molecule has 5 aromatic rings. The monoisotopic (exact) mass is 594 g/mol. The third-order valence-corrected chi connectivity index (χ3v) is 8.48. The van der Waals surface area contributed by atoms with E-state index in [4.69, 9.17) is 14.2 Å². The second-order valence-corrected chi connectivity index (χ2v) is 10.8. The van der Waals surface area contributed by atoms with Gasteiger partial charge in [-0.1, -0.05) is 0 Å². The number of nitrogens with zero attached hydrogens (tertiary/aromatic N) is 3. The van der Waals surface area contributed by atoms with Crippen LogP contribution in [0.25, 0.3) is 10.2 Å². The average molecular weight is 595 g/mol. The minimum atomic E-state index is -0.470. The summed E-state index contributed by atoms with van der Waals surface area (Å²) in [6.07, 6.45) is 1.49. The van der Waals surface area contributed by atoms with Gasteiger partial charge < -0.3 is 19.5 Å². The van der Waals surface area contributed by atoms with E-state index in [0.29, 0.717) is 61.6 Å². The first kappa shape index (κ1) is 26.4. The van der Waals surface area contributed by atoms with Crippen molar-refractivity contribution < 1.29 is 28.6 Å². The van der Waals surface area contributed by atoms with Gasteiger partial charge in [0.05, 0.1) is 33.4 Å². The third-order valence-electron chi connectivity index (χ3n) is 7.28. The molecule has 0 bridgehead atoms. The predicted octanol–water partition coefficient (Wildman–Crippen LogP) is 5.36. The zero-order valence-electron chi connectivity index (χ0n) is 22.9. The highest BCUT2D eigenvalue weighted by atomic mass is 32.1. The zero-order chi connectivity index (χ0) is 29.8. The van der Waals surface area contributed by atoms with Crippen LogP contribution in [0.5, 0.6) is 23.0 Å². The van der Waals surface area contributed by atoms with Crippen LogP contribution in [0.15, 0.2) is 71.8 Å². The Kier molecular flexibility index (Phi) is 6.20. The maximum atomic E-state index is 13.2. The summed E-state index contributed by atoms with van der Waals surface area (Å²) in [5.41, 5.74) is 1.84. The third kappa shape index (κ3) is 4.39. The van der Waals surface area contributed by atoms with Crippen molar-refractivity contribution in [3.63, 3.8) is 0 Å². The fourth-order valence-corrected chi connectivity index (χ4v) is 6.11. The molecule has 7 rings (SSSR count). The van der Waals surface area contributed by atoms with E-state index in [9.17, 15) is 19.2 Å². The zero-order valence-corrected chi connectivity index (χ0v) is 23.7. The number of carbonyl (C=O) groups is 3. The van der Waals surface area contributed by atoms with Crippen molar-refractivity contribution >= 4 is 50.6 Å². The molecule has 0 saturated carbocycles. The number of rotatable bonds is 6. The molecule has 0 aliphatic carbocycles. The minimum Gasteiger partial charge on any atom is -0.457 e. The van der Waals surface area contributed by atoms with Crippen LogP contribution in [0.3, 0.4) is 0 Å². The molecule has 0 radical (unpaired) electrons. The first-order valence-electron chi connectivity index (χ1n) is 13.3. The molecule has 3 amide bonds. The number of carbonyl (C=O) groups excluding carboxylic acids is 3. The van der Waals surface area contributed by atoms with E-state index in [0.717, 1.165) is 4.90 Å². The fraction of sp³-hybridized carbons (Fsp3) is 0.129. The molecule has 0 saturated heterocycles. The molecule has 4 heterocycles. The van der Waals surface area contributed by atoms with Crippen LogP contribution in [-0.4, -0.2) is 34.1 Å². The van der Waals surface area contributed by atoms with Gasteiger partial charge in [0.25, 0.3) is 23.3 Å². The summed E-state index contributed by atoms with van der Waals surface area (Å²) in [5.74, 6) is 0.603. The first-order chi connectivity index (χ1) is 20.8. The van der Waals surface area contributed by atoms with Gasteiger partial charge in [-0.05, 0) is 74.0 Å². The highest BCUT2D eigenvalue weighted by Crippen LogP contribution is 2.39. The average Bonchev–Trinajstić information content (AvgIpc) is 3.68.